The van der Waals surface area contributed by atoms with Gasteiger partial charge in [-0.2, -0.15) is 0 Å². The Labute approximate surface area is 177 Å². The zero-order valence-electron chi connectivity index (χ0n) is 17.2. The first-order chi connectivity index (χ1) is 14.5. The van der Waals surface area contributed by atoms with Gasteiger partial charge in [0, 0.05) is 13.6 Å². The number of carboxylic acid groups (broad SMARTS) is 1. The van der Waals surface area contributed by atoms with Crippen LogP contribution in [0.3, 0.4) is 0 Å². The minimum atomic E-state index is -1.03. The molecule has 3 aromatic carbocycles. The number of hydrogen-bond donors (Lipinski definition) is 3. The molecule has 3 aromatic rings. The summed E-state index contributed by atoms with van der Waals surface area (Å²) >= 11 is 0. The Bertz CT molecular complexity index is 1050. The fourth-order valence-electron chi connectivity index (χ4n) is 4.11. The Hall–Kier alpha value is -3.31. The summed E-state index contributed by atoms with van der Waals surface area (Å²) in [5, 5.41) is 12.4. The van der Waals surface area contributed by atoms with Crippen molar-refractivity contribution in [1.29, 1.82) is 0 Å². The van der Waals surface area contributed by atoms with Crippen LogP contribution in [0, 0.1) is 0 Å². The molecule has 4 rings (SSSR count). The minimum absolute atomic E-state index is 0.107. The van der Waals surface area contributed by atoms with Gasteiger partial charge >= 0.3 is 5.97 Å². The van der Waals surface area contributed by atoms with Gasteiger partial charge in [-0.25, -0.2) is 4.79 Å². The van der Waals surface area contributed by atoms with E-state index in [1.807, 2.05) is 18.2 Å². The number of rotatable bonds is 6. The number of carbonyl (C=O) groups is 1. The maximum Gasteiger partial charge on any atom is 0.337 e. The summed E-state index contributed by atoms with van der Waals surface area (Å²) in [7, 11) is 1.74. The summed E-state index contributed by atoms with van der Waals surface area (Å²) in [5.41, 5.74) is 12.4. The van der Waals surface area contributed by atoms with E-state index in [4.69, 9.17) is 5.73 Å². The van der Waals surface area contributed by atoms with Crippen LogP contribution in [0.25, 0.3) is 22.3 Å². The van der Waals surface area contributed by atoms with E-state index in [9.17, 15) is 9.90 Å². The van der Waals surface area contributed by atoms with Crippen molar-refractivity contribution in [2.24, 2.45) is 0 Å². The molecule has 5 heteroatoms. The molecule has 1 heterocycles. The molecule has 0 saturated carbocycles. The number of nitrogen functional groups attached to an aromatic ring is 1. The Morgan fingerprint density at radius 2 is 1.63 bits per heavy atom. The quantitative estimate of drug-likeness (QED) is 0.510. The maximum absolute atomic E-state index is 11.6. The van der Waals surface area contributed by atoms with Crippen LogP contribution in [0.1, 0.15) is 28.8 Å². The molecule has 1 saturated heterocycles. The largest absolute Gasteiger partial charge is 0.478 e. The molecule has 0 aromatic heterocycles. The molecule has 0 atom stereocenters. The van der Waals surface area contributed by atoms with Crippen molar-refractivity contribution >= 4 is 17.3 Å². The monoisotopic (exact) mass is 401 g/mol. The first-order valence-corrected chi connectivity index (χ1v) is 10.3. The topological polar surface area (TPSA) is 78.6 Å². The molecular weight excluding hydrogens is 374 g/mol. The number of carboxylic acids is 1. The number of hydrogen-bond acceptors (Lipinski definition) is 4. The highest BCUT2D eigenvalue weighted by atomic mass is 16.4. The van der Waals surface area contributed by atoms with Crippen molar-refractivity contribution in [1.82, 2.24) is 4.90 Å². The summed E-state index contributed by atoms with van der Waals surface area (Å²) in [6, 6.07) is 20.4. The van der Waals surface area contributed by atoms with E-state index in [-0.39, 0.29) is 11.3 Å². The zero-order chi connectivity index (χ0) is 21.1. The molecule has 5 nitrogen and oxygen atoms in total. The van der Waals surface area contributed by atoms with Gasteiger partial charge < -0.3 is 16.2 Å². The van der Waals surface area contributed by atoms with Gasteiger partial charge in [0.1, 0.15) is 0 Å². The summed E-state index contributed by atoms with van der Waals surface area (Å²) in [4.78, 5) is 14.1. The van der Waals surface area contributed by atoms with E-state index in [0.29, 0.717) is 5.69 Å². The molecule has 0 bridgehead atoms. The molecular formula is C25H27N3O2. The second-order valence-electron chi connectivity index (χ2n) is 7.80. The van der Waals surface area contributed by atoms with Gasteiger partial charge in [-0.05, 0) is 71.9 Å². The summed E-state index contributed by atoms with van der Waals surface area (Å²) in [5.74, 6) is -1.03. The Balaban J connectivity index is 1.60. The Morgan fingerprint density at radius 3 is 2.27 bits per heavy atom. The molecule has 30 heavy (non-hydrogen) atoms. The summed E-state index contributed by atoms with van der Waals surface area (Å²) in [6.07, 6.45) is 2.59. The average molecular weight is 402 g/mol. The van der Waals surface area contributed by atoms with E-state index in [0.717, 1.165) is 23.2 Å². The van der Waals surface area contributed by atoms with Gasteiger partial charge in [0.25, 0.3) is 0 Å². The highest BCUT2D eigenvalue weighted by Crippen LogP contribution is 2.32. The minimum Gasteiger partial charge on any atom is -0.478 e. The fourth-order valence-corrected chi connectivity index (χ4v) is 4.11. The number of likely N-dealkylation sites (tertiary alicyclic amines) is 1. The van der Waals surface area contributed by atoms with E-state index < -0.39 is 5.97 Å². The summed E-state index contributed by atoms with van der Waals surface area (Å²) in [6.45, 7) is 3.38. The molecule has 0 amide bonds. The van der Waals surface area contributed by atoms with Crippen molar-refractivity contribution in [2.75, 3.05) is 31.2 Å². The highest BCUT2D eigenvalue weighted by molar-refractivity contribution is 5.99. The number of aromatic carboxylic acids is 1. The highest BCUT2D eigenvalue weighted by Gasteiger charge is 2.15. The number of nitrogens with one attached hydrogen (secondary N) is 1. The van der Waals surface area contributed by atoms with E-state index in [1.165, 1.54) is 37.1 Å². The smallest absolute Gasteiger partial charge is 0.337 e. The van der Waals surface area contributed by atoms with Gasteiger partial charge in [-0.3, -0.25) is 4.90 Å². The maximum atomic E-state index is 11.6. The zero-order valence-corrected chi connectivity index (χ0v) is 17.2. The van der Waals surface area contributed by atoms with Crippen molar-refractivity contribution in [3.05, 3.63) is 71.8 Å². The molecule has 4 N–H and O–H groups in total. The third kappa shape index (κ3) is 4.16. The van der Waals surface area contributed by atoms with Gasteiger partial charge in [0.15, 0.2) is 0 Å². The number of nitrogens with zero attached hydrogens (tertiary/aromatic N) is 1. The van der Waals surface area contributed by atoms with Crippen molar-refractivity contribution < 1.29 is 9.90 Å². The van der Waals surface area contributed by atoms with E-state index >= 15 is 0 Å². The van der Waals surface area contributed by atoms with Crippen LogP contribution < -0.4 is 11.1 Å². The number of benzene rings is 3. The molecule has 0 spiro atoms. The van der Waals surface area contributed by atoms with Crippen LogP contribution >= 0.6 is 0 Å². The summed E-state index contributed by atoms with van der Waals surface area (Å²) < 4.78 is 0. The normalized spacial score (nSPS) is 14.0. The molecule has 154 valence electrons. The first kappa shape index (κ1) is 20.0. The molecule has 1 aliphatic rings. The van der Waals surface area contributed by atoms with Crippen LogP contribution in [0.4, 0.5) is 11.4 Å². The lowest BCUT2D eigenvalue weighted by molar-refractivity contribution is 0.0698. The molecule has 1 fully saturated rings. The third-order valence-corrected chi connectivity index (χ3v) is 5.76. The average Bonchev–Trinajstić information content (AvgIpc) is 3.27. The third-order valence-electron chi connectivity index (χ3n) is 5.76. The lowest BCUT2D eigenvalue weighted by Gasteiger charge is -2.15. The van der Waals surface area contributed by atoms with Gasteiger partial charge in [0.05, 0.1) is 16.9 Å². The van der Waals surface area contributed by atoms with Gasteiger partial charge in [0.2, 0.25) is 0 Å². The Morgan fingerprint density at radius 1 is 0.967 bits per heavy atom. The SMILES string of the molecule is CNc1cc(-c2ccc(-c3cccc(CN4CCCC4)c3)cc2)cc(C(=O)O)c1N. The lowest BCUT2D eigenvalue weighted by atomic mass is 9.97. The molecule has 1 aliphatic heterocycles. The standard InChI is InChI=1S/C25H27N3O2/c1-27-23-15-21(14-22(24(23)26)25(29)30)19-9-7-18(8-10-19)20-6-4-5-17(13-20)16-28-11-2-3-12-28/h4-10,13-15,27H,2-3,11-12,16,26H2,1H3,(H,29,30). The Kier molecular flexibility index (Phi) is 5.72. The van der Waals surface area contributed by atoms with Crippen LogP contribution in [0.15, 0.2) is 60.7 Å². The van der Waals surface area contributed by atoms with E-state index in [1.54, 1.807) is 13.1 Å². The van der Waals surface area contributed by atoms with Crippen LogP contribution in [-0.2, 0) is 6.54 Å². The lowest BCUT2D eigenvalue weighted by Crippen LogP contribution is -2.18. The van der Waals surface area contributed by atoms with E-state index in [2.05, 4.69) is 46.6 Å². The fraction of sp³-hybridized carbons (Fsp3) is 0.240. The molecule has 0 radical (unpaired) electrons. The van der Waals surface area contributed by atoms with Crippen LogP contribution in [-0.4, -0.2) is 36.1 Å². The second-order valence-corrected chi connectivity index (χ2v) is 7.80. The second kappa shape index (κ2) is 8.59. The molecule has 0 unspecified atom stereocenters. The van der Waals surface area contributed by atoms with Crippen molar-refractivity contribution in [3.63, 3.8) is 0 Å². The van der Waals surface area contributed by atoms with Gasteiger partial charge in [-0.1, -0.05) is 42.5 Å². The van der Waals surface area contributed by atoms with Crippen LogP contribution in [0.5, 0.6) is 0 Å². The number of anilines is 2. The van der Waals surface area contributed by atoms with Crippen molar-refractivity contribution in [2.45, 2.75) is 19.4 Å². The van der Waals surface area contributed by atoms with Crippen molar-refractivity contribution in [3.8, 4) is 22.3 Å². The van der Waals surface area contributed by atoms with Crippen LogP contribution in [0.2, 0.25) is 0 Å². The predicted octanol–water partition coefficient (Wildman–Crippen LogP) is 4.94. The number of nitrogens with two attached hydrogens (primary N) is 1. The predicted molar refractivity (Wildman–Crippen MR) is 123 cm³/mol. The molecule has 0 aliphatic carbocycles. The first-order valence-electron chi connectivity index (χ1n) is 10.3. The van der Waals surface area contributed by atoms with Gasteiger partial charge in [-0.15, -0.1) is 0 Å².